The van der Waals surface area contributed by atoms with E-state index in [-0.39, 0.29) is 12.1 Å². The summed E-state index contributed by atoms with van der Waals surface area (Å²) in [6.07, 6.45) is 4.98. The quantitative estimate of drug-likeness (QED) is 0.690. The number of rotatable bonds is 3. The van der Waals surface area contributed by atoms with E-state index in [1.165, 1.54) is 6.07 Å². The summed E-state index contributed by atoms with van der Waals surface area (Å²) >= 11 is 0. The summed E-state index contributed by atoms with van der Waals surface area (Å²) in [5.74, 6) is 1.22. The minimum Gasteiger partial charge on any atom is -0.478 e. The Hall–Kier alpha value is -2.48. The van der Waals surface area contributed by atoms with Crippen molar-refractivity contribution in [2.45, 2.75) is 6.92 Å². The van der Waals surface area contributed by atoms with E-state index in [2.05, 4.69) is 16.6 Å². The number of hydrogen-bond donors (Lipinski definition) is 3. The summed E-state index contributed by atoms with van der Waals surface area (Å²) in [4.78, 5) is 22.1. The summed E-state index contributed by atoms with van der Waals surface area (Å²) in [5.41, 5.74) is 1.19. The van der Waals surface area contributed by atoms with Crippen molar-refractivity contribution < 1.29 is 14.7 Å². The highest BCUT2D eigenvalue weighted by Crippen LogP contribution is 2.15. The zero-order chi connectivity index (χ0) is 12.8. The molecule has 3 N–H and O–H groups in total. The molecule has 88 valence electrons. The van der Waals surface area contributed by atoms with Gasteiger partial charge in [0.2, 0.25) is 0 Å². The van der Waals surface area contributed by atoms with Crippen LogP contribution in [0.15, 0.2) is 18.2 Å². The Labute approximate surface area is 98.8 Å². The Morgan fingerprint density at radius 1 is 1.47 bits per heavy atom. The molecule has 5 nitrogen and oxygen atoms in total. The molecule has 1 aromatic carbocycles. The van der Waals surface area contributed by atoms with Crippen molar-refractivity contribution in [3.8, 4) is 12.3 Å². The molecule has 0 bridgehead atoms. The van der Waals surface area contributed by atoms with Crippen LogP contribution >= 0.6 is 0 Å². The number of benzene rings is 1. The topological polar surface area (TPSA) is 78.4 Å². The standard InChI is InChI=1S/C12H12N2O3/c1-3-6-13-12(17)14-9-5-4-8(2)10(7-9)11(15)16/h1,4-5,7H,6H2,2H3,(H,15,16)(H2,13,14,17). The van der Waals surface area contributed by atoms with Crippen molar-refractivity contribution in [3.63, 3.8) is 0 Å². The molecule has 0 heterocycles. The number of aryl methyl sites for hydroxylation is 1. The number of carbonyl (C=O) groups is 2. The first kappa shape index (κ1) is 12.6. The lowest BCUT2D eigenvalue weighted by atomic mass is 10.1. The van der Waals surface area contributed by atoms with E-state index >= 15 is 0 Å². The zero-order valence-electron chi connectivity index (χ0n) is 9.28. The number of carboxylic acids is 1. The first-order valence-corrected chi connectivity index (χ1v) is 4.87. The number of terminal acetylenes is 1. The monoisotopic (exact) mass is 232 g/mol. The van der Waals surface area contributed by atoms with Crippen LogP contribution in [0.4, 0.5) is 10.5 Å². The molecule has 17 heavy (non-hydrogen) atoms. The highest BCUT2D eigenvalue weighted by atomic mass is 16.4. The van der Waals surface area contributed by atoms with Crippen LogP contribution in [0.2, 0.25) is 0 Å². The molecule has 0 saturated heterocycles. The summed E-state index contributed by atoms with van der Waals surface area (Å²) in [6.45, 7) is 1.80. The average Bonchev–Trinajstić information content (AvgIpc) is 2.28. The molecular weight excluding hydrogens is 220 g/mol. The van der Waals surface area contributed by atoms with Gasteiger partial charge >= 0.3 is 12.0 Å². The van der Waals surface area contributed by atoms with Crippen molar-refractivity contribution in [1.29, 1.82) is 0 Å². The van der Waals surface area contributed by atoms with Crippen LogP contribution in [0.1, 0.15) is 15.9 Å². The van der Waals surface area contributed by atoms with Gasteiger partial charge in [-0.3, -0.25) is 0 Å². The second-order valence-electron chi connectivity index (χ2n) is 3.35. The second-order valence-corrected chi connectivity index (χ2v) is 3.35. The van der Waals surface area contributed by atoms with Crippen molar-refractivity contribution in [1.82, 2.24) is 5.32 Å². The van der Waals surface area contributed by atoms with Gasteiger partial charge in [0.05, 0.1) is 12.1 Å². The number of carboxylic acid groups (broad SMARTS) is 1. The fourth-order valence-electron chi connectivity index (χ4n) is 1.24. The van der Waals surface area contributed by atoms with Gasteiger partial charge in [-0.25, -0.2) is 9.59 Å². The number of nitrogens with one attached hydrogen (secondary N) is 2. The highest BCUT2D eigenvalue weighted by Gasteiger charge is 2.08. The first-order valence-electron chi connectivity index (χ1n) is 4.87. The molecule has 1 rings (SSSR count). The Balaban J connectivity index is 2.80. The van der Waals surface area contributed by atoms with E-state index in [4.69, 9.17) is 11.5 Å². The summed E-state index contributed by atoms with van der Waals surface area (Å²) in [6, 6.07) is 4.17. The molecule has 0 fully saturated rings. The predicted octanol–water partition coefficient (Wildman–Crippen LogP) is 1.45. The van der Waals surface area contributed by atoms with Crippen LogP contribution in [0.3, 0.4) is 0 Å². The van der Waals surface area contributed by atoms with Gasteiger partial charge in [0.25, 0.3) is 0 Å². The van der Waals surface area contributed by atoms with Gasteiger partial charge in [-0.05, 0) is 24.6 Å². The van der Waals surface area contributed by atoms with Crippen molar-refractivity contribution >= 4 is 17.7 Å². The smallest absolute Gasteiger partial charge is 0.336 e. The third-order valence-electron chi connectivity index (χ3n) is 2.08. The molecule has 0 aliphatic rings. The van der Waals surface area contributed by atoms with E-state index in [1.807, 2.05) is 0 Å². The molecule has 2 amide bonds. The molecule has 1 aromatic rings. The van der Waals surface area contributed by atoms with Crippen LogP contribution < -0.4 is 10.6 Å². The summed E-state index contributed by atoms with van der Waals surface area (Å²) < 4.78 is 0. The van der Waals surface area contributed by atoms with Crippen LogP contribution in [-0.4, -0.2) is 23.7 Å². The van der Waals surface area contributed by atoms with Gasteiger partial charge in [-0.2, -0.15) is 0 Å². The van der Waals surface area contributed by atoms with Crippen molar-refractivity contribution in [2.24, 2.45) is 0 Å². The lowest BCUT2D eigenvalue weighted by molar-refractivity contribution is 0.0696. The zero-order valence-corrected chi connectivity index (χ0v) is 9.28. The number of urea groups is 1. The predicted molar refractivity (Wildman–Crippen MR) is 64.0 cm³/mol. The maximum atomic E-state index is 11.3. The van der Waals surface area contributed by atoms with Crippen molar-refractivity contribution in [3.05, 3.63) is 29.3 Å². The molecule has 0 unspecified atom stereocenters. The van der Waals surface area contributed by atoms with Crippen molar-refractivity contribution in [2.75, 3.05) is 11.9 Å². The second kappa shape index (κ2) is 5.56. The molecule has 0 atom stereocenters. The van der Waals surface area contributed by atoms with E-state index in [1.54, 1.807) is 19.1 Å². The maximum Gasteiger partial charge on any atom is 0.336 e. The maximum absolute atomic E-state index is 11.3. The number of amides is 2. The molecule has 5 heteroatoms. The highest BCUT2D eigenvalue weighted by molar-refractivity contribution is 5.94. The Morgan fingerprint density at radius 3 is 2.76 bits per heavy atom. The number of carbonyl (C=O) groups excluding carboxylic acids is 1. The van der Waals surface area contributed by atoms with Gasteiger partial charge < -0.3 is 15.7 Å². The lowest BCUT2D eigenvalue weighted by Gasteiger charge is -2.07. The minimum atomic E-state index is -1.03. The molecule has 0 spiro atoms. The van der Waals surface area contributed by atoms with Crippen LogP contribution in [0.25, 0.3) is 0 Å². The van der Waals surface area contributed by atoms with Crippen LogP contribution in [-0.2, 0) is 0 Å². The molecule has 0 aliphatic carbocycles. The Morgan fingerprint density at radius 2 is 2.18 bits per heavy atom. The Kier molecular flexibility index (Phi) is 4.12. The lowest BCUT2D eigenvalue weighted by Crippen LogP contribution is -2.28. The number of anilines is 1. The third-order valence-corrected chi connectivity index (χ3v) is 2.08. The molecule has 0 radical (unpaired) electrons. The molecule has 0 saturated carbocycles. The SMILES string of the molecule is C#CCNC(=O)Nc1ccc(C)c(C(=O)O)c1. The molecule has 0 aliphatic heterocycles. The normalized spacial score (nSPS) is 9.18. The number of hydrogen-bond acceptors (Lipinski definition) is 2. The van der Waals surface area contributed by atoms with E-state index in [9.17, 15) is 9.59 Å². The third kappa shape index (κ3) is 3.54. The van der Waals surface area contributed by atoms with Gasteiger partial charge in [0.1, 0.15) is 0 Å². The van der Waals surface area contributed by atoms with E-state index in [0.717, 1.165) is 0 Å². The number of aromatic carboxylic acids is 1. The fourth-order valence-corrected chi connectivity index (χ4v) is 1.24. The van der Waals surface area contributed by atoms with Gasteiger partial charge in [0, 0.05) is 5.69 Å². The summed E-state index contributed by atoms with van der Waals surface area (Å²) in [7, 11) is 0. The van der Waals surface area contributed by atoms with E-state index in [0.29, 0.717) is 11.3 Å². The van der Waals surface area contributed by atoms with Crippen LogP contribution in [0.5, 0.6) is 0 Å². The molecular formula is C12H12N2O3. The summed E-state index contributed by atoms with van der Waals surface area (Å²) in [5, 5.41) is 13.8. The van der Waals surface area contributed by atoms with Gasteiger partial charge in [-0.1, -0.05) is 12.0 Å². The van der Waals surface area contributed by atoms with E-state index < -0.39 is 12.0 Å². The van der Waals surface area contributed by atoms with Gasteiger partial charge in [0.15, 0.2) is 0 Å². The fraction of sp³-hybridized carbons (Fsp3) is 0.167. The average molecular weight is 232 g/mol. The Bertz CT molecular complexity index is 489. The largest absolute Gasteiger partial charge is 0.478 e. The molecule has 0 aromatic heterocycles. The first-order chi connectivity index (χ1) is 8.04. The van der Waals surface area contributed by atoms with Crippen LogP contribution in [0, 0.1) is 19.3 Å². The van der Waals surface area contributed by atoms with Gasteiger partial charge in [-0.15, -0.1) is 6.42 Å². The minimum absolute atomic E-state index is 0.115.